The van der Waals surface area contributed by atoms with Crippen LogP contribution in [-0.2, 0) is 10.0 Å². The van der Waals surface area contributed by atoms with Gasteiger partial charge in [0.2, 0.25) is 10.0 Å². The van der Waals surface area contributed by atoms with Crippen molar-refractivity contribution in [3.05, 3.63) is 42.5 Å². The van der Waals surface area contributed by atoms with E-state index >= 15 is 0 Å². The summed E-state index contributed by atoms with van der Waals surface area (Å²) in [6.45, 7) is 2.20. The summed E-state index contributed by atoms with van der Waals surface area (Å²) in [6, 6.07) is 12.2. The van der Waals surface area contributed by atoms with Crippen LogP contribution >= 0.6 is 9.24 Å². The summed E-state index contributed by atoms with van der Waals surface area (Å²) in [5, 5.41) is 16.8. The molecule has 1 unspecified atom stereocenters. The Balaban J connectivity index is 2.43. The van der Waals surface area contributed by atoms with Gasteiger partial charge in [-0.25, -0.2) is 13.6 Å². The van der Waals surface area contributed by atoms with E-state index in [0.717, 1.165) is 16.6 Å². The summed E-state index contributed by atoms with van der Waals surface area (Å²) in [6.07, 6.45) is 0. The fourth-order valence-corrected chi connectivity index (χ4v) is 3.21. The fourth-order valence-electron chi connectivity index (χ4n) is 2.07. The van der Waals surface area contributed by atoms with Gasteiger partial charge in [0, 0.05) is 17.0 Å². The molecule has 0 saturated heterocycles. The zero-order valence-electron chi connectivity index (χ0n) is 12.1. The molecule has 0 spiro atoms. The van der Waals surface area contributed by atoms with E-state index < -0.39 is 10.0 Å². The molecule has 4 N–H and O–H groups in total. The molecule has 0 fully saturated rings. The molecule has 2 aromatic carbocycles. The van der Waals surface area contributed by atoms with Crippen LogP contribution in [0.1, 0.15) is 6.92 Å². The largest absolute Gasteiger partial charge is 0.379 e. The standard InChI is InChI=1S/C15H18N3O2PS/c1-10(16)9-18-13-7-6-11(8-14(13)21)12-4-2-3-5-15(12)22(17,19)20/h2-8,16,18H,9,21H2,1H3,(H2,17,19,20). The predicted octanol–water partition coefficient (Wildman–Crippen LogP) is 1.95. The summed E-state index contributed by atoms with van der Waals surface area (Å²) in [5.74, 6) is 0. The Morgan fingerprint density at radius 2 is 1.95 bits per heavy atom. The summed E-state index contributed by atoms with van der Waals surface area (Å²) in [5.41, 5.74) is 2.76. The average Bonchev–Trinajstić information content (AvgIpc) is 2.45. The molecule has 2 rings (SSSR count). The molecule has 0 heterocycles. The third-order valence-corrected chi connectivity index (χ3v) is 4.55. The molecule has 0 aliphatic carbocycles. The second kappa shape index (κ2) is 6.57. The molecular weight excluding hydrogens is 317 g/mol. The summed E-state index contributed by atoms with van der Waals surface area (Å²) < 4.78 is 23.4. The predicted molar refractivity (Wildman–Crippen MR) is 94.5 cm³/mol. The van der Waals surface area contributed by atoms with Crippen LogP contribution in [0.2, 0.25) is 0 Å². The SMILES string of the molecule is CC(=N)CNc1ccc(-c2ccccc2S(N)(=O)=O)cc1P. The molecule has 0 bridgehead atoms. The number of hydrogen-bond acceptors (Lipinski definition) is 4. The van der Waals surface area contributed by atoms with Gasteiger partial charge in [-0.2, -0.15) is 0 Å². The highest BCUT2D eigenvalue weighted by molar-refractivity contribution is 7.89. The van der Waals surface area contributed by atoms with Gasteiger partial charge in [0.25, 0.3) is 0 Å². The third-order valence-electron chi connectivity index (χ3n) is 3.10. The van der Waals surface area contributed by atoms with Crippen molar-refractivity contribution in [3.8, 4) is 11.1 Å². The second-order valence-electron chi connectivity index (χ2n) is 4.98. The van der Waals surface area contributed by atoms with Gasteiger partial charge in [-0.05, 0) is 36.0 Å². The molecular formula is C15H18N3O2PS. The maximum Gasteiger partial charge on any atom is 0.238 e. The molecule has 0 aromatic heterocycles. The van der Waals surface area contributed by atoms with Crippen LogP contribution in [0.4, 0.5) is 5.69 Å². The van der Waals surface area contributed by atoms with Gasteiger partial charge in [-0.1, -0.05) is 24.3 Å². The van der Waals surface area contributed by atoms with E-state index in [1.165, 1.54) is 6.07 Å². The van der Waals surface area contributed by atoms with Crippen LogP contribution in [0.3, 0.4) is 0 Å². The van der Waals surface area contributed by atoms with Crippen LogP contribution in [0.5, 0.6) is 0 Å². The summed E-state index contributed by atoms with van der Waals surface area (Å²) in [4.78, 5) is 0.107. The number of sulfonamides is 1. The van der Waals surface area contributed by atoms with Crippen molar-refractivity contribution in [1.29, 1.82) is 5.41 Å². The van der Waals surface area contributed by atoms with Crippen LogP contribution in [0, 0.1) is 5.41 Å². The molecule has 0 aliphatic heterocycles. The first-order chi connectivity index (χ1) is 10.3. The quantitative estimate of drug-likeness (QED) is 0.575. The maximum atomic E-state index is 11.7. The van der Waals surface area contributed by atoms with E-state index in [1.807, 2.05) is 18.2 Å². The number of hydrogen-bond donors (Lipinski definition) is 3. The highest BCUT2D eigenvalue weighted by Gasteiger charge is 2.15. The van der Waals surface area contributed by atoms with E-state index in [9.17, 15) is 8.42 Å². The van der Waals surface area contributed by atoms with Gasteiger partial charge in [0.15, 0.2) is 0 Å². The monoisotopic (exact) mass is 335 g/mol. The molecule has 116 valence electrons. The third kappa shape index (κ3) is 3.91. The normalized spacial score (nSPS) is 11.2. The van der Waals surface area contributed by atoms with Gasteiger partial charge in [0.05, 0.1) is 11.4 Å². The lowest BCUT2D eigenvalue weighted by atomic mass is 10.1. The number of primary sulfonamides is 1. The van der Waals surface area contributed by atoms with E-state index in [0.29, 0.717) is 17.8 Å². The second-order valence-corrected chi connectivity index (χ2v) is 7.13. The Kier molecular flexibility index (Phi) is 4.96. The van der Waals surface area contributed by atoms with Gasteiger partial charge in [-0.15, -0.1) is 9.24 Å². The average molecular weight is 335 g/mol. The number of rotatable bonds is 5. The zero-order valence-corrected chi connectivity index (χ0v) is 14.1. The van der Waals surface area contributed by atoms with Gasteiger partial charge >= 0.3 is 0 Å². The Hall–Kier alpha value is -1.75. The zero-order chi connectivity index (χ0) is 16.3. The van der Waals surface area contributed by atoms with Crippen molar-refractivity contribution < 1.29 is 8.42 Å². The number of nitrogens with one attached hydrogen (secondary N) is 2. The Labute approximate surface area is 132 Å². The number of nitrogens with two attached hydrogens (primary N) is 1. The lowest BCUT2D eigenvalue weighted by Gasteiger charge is -2.12. The summed E-state index contributed by atoms with van der Waals surface area (Å²) >= 11 is 0. The lowest BCUT2D eigenvalue weighted by Crippen LogP contribution is -2.15. The van der Waals surface area contributed by atoms with Crippen LogP contribution in [-0.4, -0.2) is 20.7 Å². The number of benzene rings is 2. The first kappa shape index (κ1) is 16.6. The van der Waals surface area contributed by atoms with Gasteiger partial charge in [-0.3, -0.25) is 0 Å². The van der Waals surface area contributed by atoms with Crippen molar-refractivity contribution >= 4 is 36.0 Å². The van der Waals surface area contributed by atoms with E-state index in [-0.39, 0.29) is 4.90 Å². The van der Waals surface area contributed by atoms with Crippen LogP contribution in [0.25, 0.3) is 11.1 Å². The van der Waals surface area contributed by atoms with Gasteiger partial charge in [0.1, 0.15) is 0 Å². The van der Waals surface area contributed by atoms with Crippen molar-refractivity contribution in [2.75, 3.05) is 11.9 Å². The summed E-state index contributed by atoms with van der Waals surface area (Å²) in [7, 11) is -1.17. The minimum Gasteiger partial charge on any atom is -0.379 e. The molecule has 2 aromatic rings. The van der Waals surface area contributed by atoms with Crippen molar-refractivity contribution in [3.63, 3.8) is 0 Å². The Morgan fingerprint density at radius 1 is 1.27 bits per heavy atom. The van der Waals surface area contributed by atoms with Gasteiger partial charge < -0.3 is 10.7 Å². The fraction of sp³-hybridized carbons (Fsp3) is 0.133. The first-order valence-corrected chi connectivity index (χ1v) is 8.71. The molecule has 0 radical (unpaired) electrons. The van der Waals surface area contributed by atoms with Crippen LogP contribution < -0.4 is 15.8 Å². The highest BCUT2D eigenvalue weighted by Crippen LogP contribution is 2.27. The molecule has 5 nitrogen and oxygen atoms in total. The van der Waals surface area contributed by atoms with E-state index in [1.54, 1.807) is 25.1 Å². The topological polar surface area (TPSA) is 96.0 Å². The minimum absolute atomic E-state index is 0.107. The molecule has 1 atom stereocenters. The van der Waals surface area contributed by atoms with Crippen molar-refractivity contribution in [1.82, 2.24) is 0 Å². The molecule has 22 heavy (non-hydrogen) atoms. The van der Waals surface area contributed by atoms with Crippen molar-refractivity contribution in [2.24, 2.45) is 5.14 Å². The first-order valence-electron chi connectivity index (χ1n) is 6.58. The van der Waals surface area contributed by atoms with Crippen molar-refractivity contribution in [2.45, 2.75) is 11.8 Å². The molecule has 0 saturated carbocycles. The molecule has 0 amide bonds. The Bertz CT molecular complexity index is 819. The number of anilines is 1. The van der Waals surface area contributed by atoms with E-state index in [2.05, 4.69) is 14.6 Å². The highest BCUT2D eigenvalue weighted by atomic mass is 32.2. The minimum atomic E-state index is -3.78. The maximum absolute atomic E-state index is 11.7. The Morgan fingerprint density at radius 3 is 2.55 bits per heavy atom. The molecule has 7 heteroatoms. The lowest BCUT2D eigenvalue weighted by molar-refractivity contribution is 0.598. The van der Waals surface area contributed by atoms with E-state index in [4.69, 9.17) is 10.5 Å². The smallest absolute Gasteiger partial charge is 0.238 e. The van der Waals surface area contributed by atoms with Crippen LogP contribution in [0.15, 0.2) is 47.4 Å². The molecule has 0 aliphatic rings.